The van der Waals surface area contributed by atoms with Crippen LogP contribution in [-0.2, 0) is 11.2 Å². The Balaban J connectivity index is 2.85. The number of carbonyl (C=O) groups is 1. The Labute approximate surface area is 68.6 Å². The lowest BCUT2D eigenvalue weighted by molar-refractivity contribution is -0.136. The first-order valence-electron chi connectivity index (χ1n) is 3.06. The van der Waals surface area contributed by atoms with Gasteiger partial charge in [-0.15, -0.1) is 0 Å². The van der Waals surface area contributed by atoms with E-state index < -0.39 is 5.97 Å². The fourth-order valence-electron chi connectivity index (χ4n) is 0.818. The SMILES string of the molecule is Cc1oc(Cl)cc1CC(=O)O. The summed E-state index contributed by atoms with van der Waals surface area (Å²) in [5, 5.41) is 8.65. The molecular formula is C7H7ClO3. The molecule has 0 atom stereocenters. The lowest BCUT2D eigenvalue weighted by atomic mass is 10.2. The lowest BCUT2D eigenvalue weighted by Crippen LogP contribution is -1.99. The molecule has 0 amide bonds. The van der Waals surface area contributed by atoms with Crippen LogP contribution >= 0.6 is 11.6 Å². The molecule has 0 saturated carbocycles. The van der Waals surface area contributed by atoms with Gasteiger partial charge < -0.3 is 9.52 Å². The average Bonchev–Trinajstić information content (AvgIpc) is 2.09. The second kappa shape index (κ2) is 2.96. The van der Waals surface area contributed by atoms with Gasteiger partial charge in [0.1, 0.15) is 5.76 Å². The summed E-state index contributed by atoms with van der Waals surface area (Å²) in [6, 6.07) is 1.52. The molecule has 0 unspecified atom stereocenters. The maximum atomic E-state index is 10.2. The van der Waals surface area contributed by atoms with Gasteiger partial charge in [-0.2, -0.15) is 0 Å². The van der Waals surface area contributed by atoms with Crippen LogP contribution in [0.25, 0.3) is 0 Å². The van der Waals surface area contributed by atoms with E-state index in [0.29, 0.717) is 11.3 Å². The number of hydrogen-bond acceptors (Lipinski definition) is 2. The van der Waals surface area contributed by atoms with E-state index in [1.807, 2.05) is 0 Å². The molecule has 0 aromatic carbocycles. The highest BCUT2D eigenvalue weighted by Crippen LogP contribution is 2.18. The maximum Gasteiger partial charge on any atom is 0.307 e. The minimum Gasteiger partial charge on any atom is -0.481 e. The summed E-state index contributed by atoms with van der Waals surface area (Å²) in [5.74, 6) is -0.317. The molecule has 0 bridgehead atoms. The van der Waals surface area contributed by atoms with Crippen molar-refractivity contribution >= 4 is 17.6 Å². The molecule has 0 aliphatic heterocycles. The zero-order valence-electron chi connectivity index (χ0n) is 5.93. The lowest BCUT2D eigenvalue weighted by Gasteiger charge is -1.89. The van der Waals surface area contributed by atoms with Crippen LogP contribution in [0.1, 0.15) is 11.3 Å². The topological polar surface area (TPSA) is 50.4 Å². The van der Waals surface area contributed by atoms with E-state index in [9.17, 15) is 4.79 Å². The van der Waals surface area contributed by atoms with Crippen LogP contribution in [0.5, 0.6) is 0 Å². The van der Waals surface area contributed by atoms with Crippen molar-refractivity contribution in [3.05, 3.63) is 22.6 Å². The van der Waals surface area contributed by atoms with Gasteiger partial charge in [0, 0.05) is 5.56 Å². The molecule has 0 spiro atoms. The quantitative estimate of drug-likeness (QED) is 0.745. The molecule has 3 nitrogen and oxygen atoms in total. The number of aryl methyl sites for hydroxylation is 1. The molecule has 1 aromatic rings. The van der Waals surface area contributed by atoms with E-state index in [2.05, 4.69) is 0 Å². The highest BCUT2D eigenvalue weighted by molar-refractivity contribution is 6.28. The number of halogens is 1. The van der Waals surface area contributed by atoms with Crippen molar-refractivity contribution in [2.75, 3.05) is 0 Å². The van der Waals surface area contributed by atoms with Crippen LogP contribution < -0.4 is 0 Å². The van der Waals surface area contributed by atoms with Crippen LogP contribution in [0, 0.1) is 6.92 Å². The number of carboxylic acid groups (broad SMARTS) is 1. The third kappa shape index (κ3) is 1.98. The van der Waals surface area contributed by atoms with Crippen molar-refractivity contribution < 1.29 is 14.3 Å². The first-order valence-corrected chi connectivity index (χ1v) is 3.44. The summed E-state index contributed by atoms with van der Waals surface area (Å²) in [6.07, 6.45) is -0.0396. The standard InChI is InChI=1S/C7H7ClO3/c1-4-5(3-7(9)10)2-6(8)11-4/h2H,3H2,1H3,(H,9,10). The number of rotatable bonds is 2. The number of hydrogen-bond donors (Lipinski definition) is 1. The predicted molar refractivity (Wildman–Crippen MR) is 39.8 cm³/mol. The van der Waals surface area contributed by atoms with Gasteiger partial charge in [-0.1, -0.05) is 0 Å². The van der Waals surface area contributed by atoms with Crippen molar-refractivity contribution in [2.24, 2.45) is 0 Å². The molecule has 1 heterocycles. The van der Waals surface area contributed by atoms with Gasteiger partial charge in [-0.05, 0) is 24.6 Å². The van der Waals surface area contributed by atoms with Crippen LogP contribution in [-0.4, -0.2) is 11.1 Å². The second-order valence-corrected chi connectivity index (χ2v) is 2.57. The van der Waals surface area contributed by atoms with Crippen molar-refractivity contribution in [3.8, 4) is 0 Å². The Hall–Kier alpha value is -0.960. The maximum absolute atomic E-state index is 10.2. The monoisotopic (exact) mass is 174 g/mol. The average molecular weight is 175 g/mol. The highest BCUT2D eigenvalue weighted by atomic mass is 35.5. The van der Waals surface area contributed by atoms with Crippen LogP contribution in [0.2, 0.25) is 5.22 Å². The first-order chi connectivity index (χ1) is 5.09. The van der Waals surface area contributed by atoms with Gasteiger partial charge in [0.25, 0.3) is 0 Å². The zero-order valence-corrected chi connectivity index (χ0v) is 6.68. The minimum absolute atomic E-state index is 0.0396. The van der Waals surface area contributed by atoms with E-state index in [4.69, 9.17) is 21.1 Å². The largest absolute Gasteiger partial charge is 0.481 e. The number of furan rings is 1. The summed E-state index contributed by atoms with van der Waals surface area (Å²) < 4.78 is 4.92. The molecule has 60 valence electrons. The van der Waals surface area contributed by atoms with Gasteiger partial charge in [-0.25, -0.2) is 0 Å². The van der Waals surface area contributed by atoms with Crippen molar-refractivity contribution in [2.45, 2.75) is 13.3 Å². The molecule has 0 aliphatic rings. The summed E-state index contributed by atoms with van der Waals surface area (Å²) in [5.41, 5.74) is 0.627. The van der Waals surface area contributed by atoms with Crippen molar-refractivity contribution in [1.29, 1.82) is 0 Å². The van der Waals surface area contributed by atoms with Gasteiger partial charge in [-0.3, -0.25) is 4.79 Å². The summed E-state index contributed by atoms with van der Waals surface area (Å²) in [4.78, 5) is 10.2. The van der Waals surface area contributed by atoms with Gasteiger partial charge in [0.2, 0.25) is 0 Å². The summed E-state index contributed by atoms with van der Waals surface area (Å²) >= 11 is 5.49. The van der Waals surface area contributed by atoms with Crippen LogP contribution in [0.15, 0.2) is 10.5 Å². The number of carboxylic acids is 1. The molecule has 0 aliphatic carbocycles. The predicted octanol–water partition coefficient (Wildman–Crippen LogP) is 1.87. The van der Waals surface area contributed by atoms with E-state index in [1.54, 1.807) is 6.92 Å². The molecule has 4 heteroatoms. The fraction of sp³-hybridized carbons (Fsp3) is 0.286. The molecule has 1 N–H and O–H groups in total. The van der Waals surface area contributed by atoms with Crippen LogP contribution in [0.4, 0.5) is 0 Å². The molecule has 1 aromatic heterocycles. The fourth-order valence-corrected chi connectivity index (χ4v) is 1.07. The first kappa shape index (κ1) is 8.14. The van der Waals surface area contributed by atoms with E-state index in [1.165, 1.54) is 6.07 Å². The minimum atomic E-state index is -0.884. The second-order valence-electron chi connectivity index (χ2n) is 2.20. The molecule has 0 fully saturated rings. The highest BCUT2D eigenvalue weighted by Gasteiger charge is 2.08. The number of aliphatic carboxylic acids is 1. The van der Waals surface area contributed by atoms with Gasteiger partial charge in [0.15, 0.2) is 5.22 Å². The van der Waals surface area contributed by atoms with Gasteiger partial charge >= 0.3 is 5.97 Å². The van der Waals surface area contributed by atoms with E-state index >= 15 is 0 Å². The Morgan fingerprint density at radius 1 is 1.82 bits per heavy atom. The van der Waals surface area contributed by atoms with E-state index in [-0.39, 0.29) is 11.6 Å². The normalized spacial score (nSPS) is 10.0. The Morgan fingerprint density at radius 3 is 2.82 bits per heavy atom. The zero-order chi connectivity index (χ0) is 8.43. The van der Waals surface area contributed by atoms with Crippen LogP contribution in [0.3, 0.4) is 0 Å². The molecule has 11 heavy (non-hydrogen) atoms. The van der Waals surface area contributed by atoms with Crippen molar-refractivity contribution in [3.63, 3.8) is 0 Å². The smallest absolute Gasteiger partial charge is 0.307 e. The molecule has 0 radical (unpaired) electrons. The Morgan fingerprint density at radius 2 is 2.45 bits per heavy atom. The molecule has 0 saturated heterocycles. The Bertz CT molecular complexity index is 277. The third-order valence-electron chi connectivity index (χ3n) is 1.33. The van der Waals surface area contributed by atoms with E-state index in [0.717, 1.165) is 0 Å². The van der Waals surface area contributed by atoms with Crippen molar-refractivity contribution in [1.82, 2.24) is 0 Å². The third-order valence-corrected chi connectivity index (χ3v) is 1.52. The summed E-state index contributed by atoms with van der Waals surface area (Å²) in [6.45, 7) is 1.68. The summed E-state index contributed by atoms with van der Waals surface area (Å²) in [7, 11) is 0. The molecule has 1 rings (SSSR count). The van der Waals surface area contributed by atoms with Gasteiger partial charge in [0.05, 0.1) is 6.42 Å². The Kier molecular flexibility index (Phi) is 2.19. The molecular weight excluding hydrogens is 168 g/mol.